The number of nitrogens with one attached hydrogen (secondary N) is 1. The van der Waals surface area contributed by atoms with E-state index in [2.05, 4.69) is 53.6 Å². The second kappa shape index (κ2) is 7.08. The van der Waals surface area contributed by atoms with E-state index in [1.165, 1.54) is 16.7 Å². The Morgan fingerprint density at radius 3 is 2.92 bits per heavy atom. The maximum absolute atomic E-state index is 5.93. The maximum Gasteiger partial charge on any atom is 0.299 e. The highest BCUT2D eigenvalue weighted by Crippen LogP contribution is 2.31. The van der Waals surface area contributed by atoms with Crippen LogP contribution in [0.3, 0.4) is 0 Å². The van der Waals surface area contributed by atoms with E-state index in [0.717, 1.165) is 35.6 Å². The van der Waals surface area contributed by atoms with Gasteiger partial charge in [0.25, 0.3) is 6.01 Å². The van der Waals surface area contributed by atoms with Gasteiger partial charge in [-0.25, -0.2) is 4.98 Å². The topological polar surface area (TPSA) is 47.3 Å². The van der Waals surface area contributed by atoms with Gasteiger partial charge in [0.1, 0.15) is 0 Å². The minimum atomic E-state index is 0.502. The number of hydrogen-bond donors (Lipinski definition) is 1. The number of benzene rings is 2. The van der Waals surface area contributed by atoms with Crippen LogP contribution < -0.4 is 5.32 Å². The Morgan fingerprint density at radius 1 is 1.19 bits per heavy atom. The van der Waals surface area contributed by atoms with Crippen molar-refractivity contribution in [3.8, 4) is 11.3 Å². The fourth-order valence-electron chi connectivity index (χ4n) is 3.30. The van der Waals surface area contributed by atoms with E-state index >= 15 is 0 Å². The van der Waals surface area contributed by atoms with Crippen molar-refractivity contribution in [2.75, 3.05) is 11.9 Å². The summed E-state index contributed by atoms with van der Waals surface area (Å²) in [6, 6.07) is 15.0. The zero-order valence-corrected chi connectivity index (χ0v) is 15.1. The Bertz CT molecular complexity index is 956. The molecule has 1 N–H and O–H groups in total. The van der Waals surface area contributed by atoms with Crippen molar-refractivity contribution in [2.45, 2.75) is 26.7 Å². The van der Waals surface area contributed by atoms with Crippen molar-refractivity contribution in [1.82, 2.24) is 4.98 Å². The second-order valence-electron chi connectivity index (χ2n) is 6.45. The summed E-state index contributed by atoms with van der Waals surface area (Å²) in [6.07, 6.45) is 5.60. The van der Waals surface area contributed by atoms with Gasteiger partial charge in [-0.05, 0) is 49.6 Å². The van der Waals surface area contributed by atoms with Crippen molar-refractivity contribution < 1.29 is 9.15 Å². The van der Waals surface area contributed by atoms with Crippen LogP contribution in [0.4, 0.5) is 11.7 Å². The summed E-state index contributed by atoms with van der Waals surface area (Å²) in [5.74, 6) is 1.79. The lowest BCUT2D eigenvalue weighted by Gasteiger charge is -2.20. The lowest BCUT2D eigenvalue weighted by molar-refractivity contribution is 0.220. The van der Waals surface area contributed by atoms with Gasteiger partial charge in [-0.2, -0.15) is 0 Å². The Hall–Kier alpha value is -3.01. The van der Waals surface area contributed by atoms with Crippen LogP contribution >= 0.6 is 0 Å². The number of anilines is 2. The lowest BCUT2D eigenvalue weighted by Crippen LogP contribution is -2.08. The minimum absolute atomic E-state index is 0.502. The van der Waals surface area contributed by atoms with Crippen molar-refractivity contribution in [3.05, 3.63) is 77.2 Å². The number of allylic oxidation sites excluding steroid dienone is 2. The number of ether oxygens (including phenoxy) is 1. The number of oxazole rings is 1. The highest BCUT2D eigenvalue weighted by molar-refractivity contribution is 5.64. The van der Waals surface area contributed by atoms with E-state index in [1.54, 1.807) is 6.20 Å². The first-order valence-electron chi connectivity index (χ1n) is 8.95. The van der Waals surface area contributed by atoms with Gasteiger partial charge in [-0.1, -0.05) is 35.9 Å². The van der Waals surface area contributed by atoms with Crippen molar-refractivity contribution in [1.29, 1.82) is 0 Å². The molecule has 4 heteroatoms. The number of rotatable bonds is 5. The summed E-state index contributed by atoms with van der Waals surface area (Å²) in [4.78, 5) is 4.40. The predicted molar refractivity (Wildman–Crippen MR) is 104 cm³/mol. The first-order chi connectivity index (χ1) is 12.7. The van der Waals surface area contributed by atoms with Gasteiger partial charge >= 0.3 is 0 Å². The Morgan fingerprint density at radius 2 is 2.08 bits per heavy atom. The van der Waals surface area contributed by atoms with Gasteiger partial charge in [0.05, 0.1) is 18.6 Å². The van der Waals surface area contributed by atoms with E-state index < -0.39 is 0 Å². The fourth-order valence-corrected chi connectivity index (χ4v) is 3.30. The molecule has 0 saturated carbocycles. The smallest absolute Gasteiger partial charge is 0.299 e. The SMILES string of the molecule is CCOC1=CCc2cccc(Nc3ncc(-c4cccc(C)c4)o3)c2C1. The molecule has 4 rings (SSSR count). The normalized spacial score (nSPS) is 13.1. The standard InChI is InChI=1S/C22H22N2O2/c1-3-25-18-11-10-16-7-5-9-20(19(16)13-18)24-22-23-14-21(26-22)17-8-4-6-15(2)12-17/h4-9,11-12,14H,3,10,13H2,1-2H3,(H,23,24). The molecule has 0 saturated heterocycles. The molecule has 0 atom stereocenters. The molecule has 3 aromatic rings. The molecule has 1 aromatic heterocycles. The van der Waals surface area contributed by atoms with Crippen LogP contribution in [0.1, 0.15) is 23.6 Å². The van der Waals surface area contributed by atoms with Crippen LogP contribution in [0.15, 0.2) is 64.9 Å². The van der Waals surface area contributed by atoms with Crippen molar-refractivity contribution in [2.24, 2.45) is 0 Å². The zero-order chi connectivity index (χ0) is 17.9. The van der Waals surface area contributed by atoms with Gasteiger partial charge < -0.3 is 14.5 Å². The summed E-state index contributed by atoms with van der Waals surface area (Å²) < 4.78 is 11.6. The number of fused-ring (bicyclic) bond motifs is 1. The van der Waals surface area contributed by atoms with E-state index in [-0.39, 0.29) is 0 Å². The van der Waals surface area contributed by atoms with Crippen LogP contribution in [0.25, 0.3) is 11.3 Å². The number of aromatic nitrogens is 1. The molecule has 0 aliphatic heterocycles. The first-order valence-corrected chi connectivity index (χ1v) is 8.95. The molecular formula is C22H22N2O2. The molecular weight excluding hydrogens is 324 g/mol. The van der Waals surface area contributed by atoms with E-state index in [1.807, 2.05) is 19.1 Å². The van der Waals surface area contributed by atoms with E-state index in [0.29, 0.717) is 12.6 Å². The Labute approximate surface area is 153 Å². The number of aryl methyl sites for hydroxylation is 1. The van der Waals surface area contributed by atoms with Gasteiger partial charge in [-0.3, -0.25) is 0 Å². The molecule has 0 fully saturated rings. The van der Waals surface area contributed by atoms with Gasteiger partial charge in [-0.15, -0.1) is 0 Å². The Kier molecular flexibility index (Phi) is 4.48. The summed E-state index contributed by atoms with van der Waals surface area (Å²) in [5, 5.41) is 3.34. The van der Waals surface area contributed by atoms with Gasteiger partial charge in [0, 0.05) is 17.7 Å². The van der Waals surface area contributed by atoms with E-state index in [4.69, 9.17) is 9.15 Å². The van der Waals surface area contributed by atoms with Crippen molar-refractivity contribution >= 4 is 11.7 Å². The molecule has 0 spiro atoms. The maximum atomic E-state index is 5.93. The van der Waals surface area contributed by atoms with Crippen molar-refractivity contribution in [3.63, 3.8) is 0 Å². The average molecular weight is 346 g/mol. The highest BCUT2D eigenvalue weighted by Gasteiger charge is 2.17. The monoisotopic (exact) mass is 346 g/mol. The molecule has 1 aliphatic rings. The zero-order valence-electron chi connectivity index (χ0n) is 15.1. The van der Waals surface area contributed by atoms with Crippen LogP contribution in [-0.2, 0) is 17.6 Å². The molecule has 4 nitrogen and oxygen atoms in total. The summed E-state index contributed by atoms with van der Waals surface area (Å²) in [5.41, 5.74) is 5.80. The van der Waals surface area contributed by atoms with Gasteiger partial charge in [0.2, 0.25) is 0 Å². The van der Waals surface area contributed by atoms with Crippen LogP contribution in [-0.4, -0.2) is 11.6 Å². The fraction of sp³-hybridized carbons (Fsp3) is 0.227. The molecule has 132 valence electrons. The lowest BCUT2D eigenvalue weighted by atomic mass is 9.94. The molecule has 0 radical (unpaired) electrons. The van der Waals surface area contributed by atoms with E-state index in [9.17, 15) is 0 Å². The van der Waals surface area contributed by atoms with Crippen LogP contribution in [0.2, 0.25) is 0 Å². The molecule has 0 bridgehead atoms. The largest absolute Gasteiger partial charge is 0.498 e. The Balaban J connectivity index is 1.58. The van der Waals surface area contributed by atoms with Crippen LogP contribution in [0.5, 0.6) is 0 Å². The number of hydrogen-bond acceptors (Lipinski definition) is 4. The third kappa shape index (κ3) is 3.36. The molecule has 0 amide bonds. The predicted octanol–water partition coefficient (Wildman–Crippen LogP) is 5.41. The molecule has 26 heavy (non-hydrogen) atoms. The molecule has 2 aromatic carbocycles. The summed E-state index contributed by atoms with van der Waals surface area (Å²) in [6.45, 7) is 4.77. The summed E-state index contributed by atoms with van der Waals surface area (Å²) in [7, 11) is 0. The highest BCUT2D eigenvalue weighted by atomic mass is 16.5. The third-order valence-corrected chi connectivity index (χ3v) is 4.55. The first kappa shape index (κ1) is 16.5. The van der Waals surface area contributed by atoms with Crippen LogP contribution in [0, 0.1) is 6.92 Å². The molecule has 1 aliphatic carbocycles. The number of nitrogens with zero attached hydrogens (tertiary/aromatic N) is 1. The summed E-state index contributed by atoms with van der Waals surface area (Å²) >= 11 is 0. The quantitative estimate of drug-likeness (QED) is 0.671. The third-order valence-electron chi connectivity index (χ3n) is 4.55. The second-order valence-corrected chi connectivity index (χ2v) is 6.45. The average Bonchev–Trinajstić information content (AvgIpc) is 3.11. The molecule has 0 unspecified atom stereocenters. The van der Waals surface area contributed by atoms with Gasteiger partial charge in [0.15, 0.2) is 5.76 Å². The molecule has 1 heterocycles. The minimum Gasteiger partial charge on any atom is -0.498 e.